The lowest BCUT2D eigenvalue weighted by Gasteiger charge is -2.21. The Kier molecular flexibility index (Phi) is 7.72. The standard InChI is InChI=1S/C23H28N4O4/c1-2-25(13-7-6-10-23(28)29)14-15-26-21-12-11-19(27(30)31)17-20(21)24-22(26)16-18-8-4-3-5-9-18/h3-5,8-9,11-12,17H,2,6-7,10,13-16H2,1H3,(H,28,29). The Morgan fingerprint density at radius 3 is 2.61 bits per heavy atom. The lowest BCUT2D eigenvalue weighted by Crippen LogP contribution is -2.29. The van der Waals surface area contributed by atoms with Crippen LogP contribution in [0.1, 0.15) is 37.6 Å². The summed E-state index contributed by atoms with van der Waals surface area (Å²) in [5.41, 5.74) is 2.69. The van der Waals surface area contributed by atoms with Crippen molar-refractivity contribution in [1.29, 1.82) is 0 Å². The quantitative estimate of drug-likeness (QED) is 0.267. The number of benzene rings is 2. The van der Waals surface area contributed by atoms with Crippen molar-refractivity contribution in [1.82, 2.24) is 14.5 Å². The third kappa shape index (κ3) is 6.11. The average molecular weight is 425 g/mol. The average Bonchev–Trinajstić information content (AvgIpc) is 3.09. The van der Waals surface area contributed by atoms with Crippen molar-refractivity contribution in [3.05, 3.63) is 70.0 Å². The van der Waals surface area contributed by atoms with Gasteiger partial charge in [0.2, 0.25) is 0 Å². The van der Waals surface area contributed by atoms with Crippen LogP contribution in [-0.2, 0) is 17.8 Å². The molecule has 0 aliphatic heterocycles. The summed E-state index contributed by atoms with van der Waals surface area (Å²) in [4.78, 5) is 28.5. The van der Waals surface area contributed by atoms with Gasteiger partial charge >= 0.3 is 5.97 Å². The van der Waals surface area contributed by atoms with Crippen LogP contribution in [0.25, 0.3) is 11.0 Å². The molecule has 1 aromatic heterocycles. The van der Waals surface area contributed by atoms with Gasteiger partial charge in [0, 0.05) is 38.1 Å². The third-order valence-electron chi connectivity index (χ3n) is 5.43. The van der Waals surface area contributed by atoms with E-state index in [-0.39, 0.29) is 12.1 Å². The van der Waals surface area contributed by atoms with Gasteiger partial charge in [-0.2, -0.15) is 0 Å². The number of hydrogen-bond acceptors (Lipinski definition) is 5. The van der Waals surface area contributed by atoms with Crippen LogP contribution < -0.4 is 0 Å². The molecule has 0 unspecified atom stereocenters. The normalized spacial score (nSPS) is 11.3. The molecular weight excluding hydrogens is 396 g/mol. The van der Waals surface area contributed by atoms with Crippen LogP contribution in [0.15, 0.2) is 48.5 Å². The van der Waals surface area contributed by atoms with Gasteiger partial charge < -0.3 is 14.6 Å². The molecule has 2 aromatic carbocycles. The summed E-state index contributed by atoms with van der Waals surface area (Å²) in [5, 5.41) is 20.0. The van der Waals surface area contributed by atoms with Gasteiger partial charge in [0.1, 0.15) is 5.82 Å². The van der Waals surface area contributed by atoms with Crippen LogP contribution in [0.3, 0.4) is 0 Å². The maximum absolute atomic E-state index is 11.2. The van der Waals surface area contributed by atoms with Crippen molar-refractivity contribution in [2.24, 2.45) is 0 Å². The number of non-ortho nitro benzene ring substituents is 1. The van der Waals surface area contributed by atoms with Gasteiger partial charge in [-0.05, 0) is 37.6 Å². The Balaban J connectivity index is 1.79. The zero-order valence-corrected chi connectivity index (χ0v) is 17.7. The van der Waals surface area contributed by atoms with Crippen LogP contribution in [-0.4, -0.2) is 50.1 Å². The molecule has 3 aromatic rings. The monoisotopic (exact) mass is 424 g/mol. The van der Waals surface area contributed by atoms with E-state index >= 15 is 0 Å². The highest BCUT2D eigenvalue weighted by Gasteiger charge is 2.16. The number of nitro groups is 1. The first-order valence-corrected chi connectivity index (χ1v) is 10.6. The van der Waals surface area contributed by atoms with E-state index in [1.54, 1.807) is 6.07 Å². The molecule has 8 nitrogen and oxygen atoms in total. The molecule has 0 atom stereocenters. The fourth-order valence-corrected chi connectivity index (χ4v) is 3.73. The molecule has 8 heteroatoms. The summed E-state index contributed by atoms with van der Waals surface area (Å²) >= 11 is 0. The number of rotatable bonds is 12. The Labute approximate surface area is 181 Å². The Morgan fingerprint density at radius 1 is 1.16 bits per heavy atom. The van der Waals surface area contributed by atoms with Crippen molar-refractivity contribution in [3.63, 3.8) is 0 Å². The van der Waals surface area contributed by atoms with Crippen LogP contribution in [0.4, 0.5) is 5.69 Å². The van der Waals surface area contributed by atoms with Crippen molar-refractivity contribution in [2.45, 2.75) is 39.2 Å². The highest BCUT2D eigenvalue weighted by atomic mass is 16.6. The molecule has 0 aliphatic rings. The topological polar surface area (TPSA) is 102 Å². The third-order valence-corrected chi connectivity index (χ3v) is 5.43. The molecular formula is C23H28N4O4. The summed E-state index contributed by atoms with van der Waals surface area (Å²) in [6, 6.07) is 14.9. The minimum absolute atomic E-state index is 0.0389. The first-order valence-electron chi connectivity index (χ1n) is 10.6. The number of aliphatic carboxylic acids is 1. The Bertz CT molecular complexity index is 1030. The predicted molar refractivity (Wildman–Crippen MR) is 119 cm³/mol. The maximum atomic E-state index is 11.2. The molecule has 1 N–H and O–H groups in total. The zero-order chi connectivity index (χ0) is 22.2. The second kappa shape index (κ2) is 10.7. The Hall–Kier alpha value is -3.26. The summed E-state index contributed by atoms with van der Waals surface area (Å²) in [6.45, 7) is 5.32. The molecule has 1 heterocycles. The zero-order valence-electron chi connectivity index (χ0n) is 17.7. The summed E-state index contributed by atoms with van der Waals surface area (Å²) in [6.07, 6.45) is 2.36. The fourth-order valence-electron chi connectivity index (χ4n) is 3.73. The van der Waals surface area contributed by atoms with Gasteiger partial charge in [-0.15, -0.1) is 0 Å². The fraction of sp³-hybridized carbons (Fsp3) is 0.391. The number of nitro benzene ring substituents is 1. The molecule has 0 saturated carbocycles. The number of carboxylic acid groups (broad SMARTS) is 1. The minimum atomic E-state index is -0.757. The SMILES string of the molecule is CCN(CCCCC(=O)O)CCn1c(Cc2ccccc2)nc2cc([N+](=O)[O-])ccc21. The molecule has 164 valence electrons. The van der Waals surface area contributed by atoms with Crippen LogP contribution >= 0.6 is 0 Å². The van der Waals surface area contributed by atoms with Gasteiger partial charge in [-0.25, -0.2) is 4.98 Å². The highest BCUT2D eigenvalue weighted by molar-refractivity contribution is 5.79. The first-order chi connectivity index (χ1) is 15.0. The number of likely N-dealkylation sites (N-methyl/N-ethyl adjacent to an activating group) is 1. The second-order valence-corrected chi connectivity index (χ2v) is 7.56. The maximum Gasteiger partial charge on any atom is 0.303 e. The summed E-state index contributed by atoms with van der Waals surface area (Å²) < 4.78 is 2.14. The number of carboxylic acids is 1. The molecule has 0 amide bonds. The Morgan fingerprint density at radius 2 is 1.94 bits per heavy atom. The van der Waals surface area contributed by atoms with Crippen molar-refractivity contribution >= 4 is 22.7 Å². The lowest BCUT2D eigenvalue weighted by molar-refractivity contribution is -0.384. The van der Waals surface area contributed by atoms with Gasteiger partial charge in [-0.1, -0.05) is 37.3 Å². The molecule has 31 heavy (non-hydrogen) atoms. The van der Waals surface area contributed by atoms with Crippen LogP contribution in [0.2, 0.25) is 0 Å². The van der Waals surface area contributed by atoms with E-state index in [2.05, 4.69) is 16.4 Å². The van der Waals surface area contributed by atoms with E-state index in [4.69, 9.17) is 10.1 Å². The van der Waals surface area contributed by atoms with Gasteiger partial charge in [0.15, 0.2) is 0 Å². The van der Waals surface area contributed by atoms with E-state index in [9.17, 15) is 14.9 Å². The number of fused-ring (bicyclic) bond motifs is 1. The van der Waals surface area contributed by atoms with Crippen LogP contribution in [0, 0.1) is 10.1 Å². The van der Waals surface area contributed by atoms with E-state index in [1.807, 2.05) is 30.3 Å². The smallest absolute Gasteiger partial charge is 0.303 e. The summed E-state index contributed by atoms with van der Waals surface area (Å²) in [7, 11) is 0. The highest BCUT2D eigenvalue weighted by Crippen LogP contribution is 2.23. The molecule has 0 saturated heterocycles. The van der Waals surface area contributed by atoms with Gasteiger partial charge in [0.25, 0.3) is 5.69 Å². The van der Waals surface area contributed by atoms with Crippen LogP contribution in [0.5, 0.6) is 0 Å². The number of nitrogens with zero attached hydrogens (tertiary/aromatic N) is 4. The number of imidazole rings is 1. The molecule has 0 bridgehead atoms. The number of aromatic nitrogens is 2. The van der Waals surface area contributed by atoms with Crippen molar-refractivity contribution in [3.8, 4) is 0 Å². The number of unbranched alkanes of at least 4 members (excludes halogenated alkanes) is 1. The van der Waals surface area contributed by atoms with Crippen molar-refractivity contribution < 1.29 is 14.8 Å². The van der Waals surface area contributed by atoms with E-state index in [1.165, 1.54) is 12.1 Å². The molecule has 0 spiro atoms. The van der Waals surface area contributed by atoms with Gasteiger partial charge in [-0.3, -0.25) is 14.9 Å². The van der Waals surface area contributed by atoms with E-state index in [0.29, 0.717) is 24.9 Å². The molecule has 0 radical (unpaired) electrons. The first kappa shape index (κ1) is 22.4. The number of carbonyl (C=O) groups is 1. The second-order valence-electron chi connectivity index (χ2n) is 7.56. The number of hydrogen-bond donors (Lipinski definition) is 1. The lowest BCUT2D eigenvalue weighted by atomic mass is 10.1. The molecule has 3 rings (SSSR count). The van der Waals surface area contributed by atoms with E-state index < -0.39 is 10.9 Å². The van der Waals surface area contributed by atoms with Gasteiger partial charge in [0.05, 0.1) is 16.0 Å². The molecule has 0 fully saturated rings. The largest absolute Gasteiger partial charge is 0.481 e. The molecule has 0 aliphatic carbocycles. The van der Waals surface area contributed by atoms with Crippen molar-refractivity contribution in [2.75, 3.05) is 19.6 Å². The minimum Gasteiger partial charge on any atom is -0.481 e. The van der Waals surface area contributed by atoms with E-state index in [0.717, 1.165) is 43.0 Å². The predicted octanol–water partition coefficient (Wildman–Crippen LogP) is 4.11. The summed E-state index contributed by atoms with van der Waals surface area (Å²) in [5.74, 6) is 0.121.